The van der Waals surface area contributed by atoms with E-state index in [0.29, 0.717) is 22.7 Å². The predicted octanol–water partition coefficient (Wildman–Crippen LogP) is 3.72. The largest absolute Gasteiger partial charge is 0.467 e. The lowest BCUT2D eigenvalue weighted by Crippen LogP contribution is -2.32. The summed E-state index contributed by atoms with van der Waals surface area (Å²) in [7, 11) is 0. The molecule has 0 spiro atoms. The predicted molar refractivity (Wildman–Crippen MR) is 85.5 cm³/mol. The van der Waals surface area contributed by atoms with Gasteiger partial charge in [-0.2, -0.15) is 0 Å². The Labute approximate surface area is 141 Å². The van der Waals surface area contributed by atoms with Gasteiger partial charge in [0.15, 0.2) is 11.6 Å². The Balaban J connectivity index is 1.70. The molecule has 0 saturated carbocycles. The summed E-state index contributed by atoms with van der Waals surface area (Å²) < 4.78 is 32.0. The molecule has 1 aromatic carbocycles. The molecule has 1 unspecified atom stereocenters. The van der Waals surface area contributed by atoms with Gasteiger partial charge in [0.2, 0.25) is 0 Å². The first kappa shape index (κ1) is 15.3. The molecule has 1 aliphatic rings. The number of rotatable bonds is 4. The second-order valence-corrected chi connectivity index (χ2v) is 5.62. The number of amides is 1. The minimum atomic E-state index is -0.965. The number of halogens is 2. The fraction of sp³-hybridized carbons (Fsp3) is 0.111. The topological polar surface area (TPSA) is 58.4 Å². The minimum Gasteiger partial charge on any atom is -0.467 e. The third-order valence-corrected chi connectivity index (χ3v) is 4.03. The monoisotopic (exact) mass is 341 g/mol. The maximum absolute atomic E-state index is 13.5. The Hall–Kier alpha value is -3.22. The van der Waals surface area contributed by atoms with Gasteiger partial charge in [0.1, 0.15) is 11.9 Å². The number of aromatic nitrogens is 1. The molecule has 1 N–H and O–H groups in total. The minimum absolute atomic E-state index is 0.209. The Morgan fingerprint density at radius 2 is 2.04 bits per heavy atom. The van der Waals surface area contributed by atoms with Gasteiger partial charge in [-0.05, 0) is 36.4 Å². The smallest absolute Gasteiger partial charge is 0.258 e. The summed E-state index contributed by atoms with van der Waals surface area (Å²) in [6.45, 7) is 0.226. The van der Waals surface area contributed by atoms with Crippen LogP contribution in [0.15, 0.2) is 59.3 Å². The van der Waals surface area contributed by atoms with Crippen LogP contribution in [0.4, 0.5) is 14.5 Å². The molecular weight excluding hydrogens is 328 g/mol. The van der Waals surface area contributed by atoms with E-state index >= 15 is 0 Å². The number of nitrogens with one attached hydrogen (secondary N) is 1. The maximum Gasteiger partial charge on any atom is 0.258 e. The van der Waals surface area contributed by atoms with Crippen molar-refractivity contribution in [2.45, 2.75) is 12.7 Å². The zero-order valence-electron chi connectivity index (χ0n) is 12.9. The second kappa shape index (κ2) is 6.01. The lowest BCUT2D eigenvalue weighted by atomic mass is 10.2. The average molecular weight is 341 g/mol. The molecule has 4 rings (SSSR count). The van der Waals surface area contributed by atoms with Gasteiger partial charge in [-0.25, -0.2) is 8.78 Å². The van der Waals surface area contributed by atoms with Crippen LogP contribution < -0.4 is 5.32 Å². The van der Waals surface area contributed by atoms with Gasteiger partial charge < -0.3 is 14.6 Å². The Morgan fingerprint density at radius 3 is 2.80 bits per heavy atom. The van der Waals surface area contributed by atoms with Crippen molar-refractivity contribution in [1.82, 2.24) is 9.88 Å². The van der Waals surface area contributed by atoms with Crippen LogP contribution >= 0.6 is 0 Å². The van der Waals surface area contributed by atoms with Crippen LogP contribution in [0.5, 0.6) is 0 Å². The molecule has 1 aliphatic heterocycles. The molecule has 1 amide bonds. The van der Waals surface area contributed by atoms with E-state index in [1.54, 1.807) is 30.5 Å². The molecule has 3 heterocycles. The van der Waals surface area contributed by atoms with Crippen LogP contribution in [0.1, 0.15) is 28.0 Å². The fourth-order valence-electron chi connectivity index (χ4n) is 2.86. The van der Waals surface area contributed by atoms with Crippen molar-refractivity contribution in [2.24, 2.45) is 0 Å². The summed E-state index contributed by atoms with van der Waals surface area (Å²) in [5.74, 6) is -1.50. The molecule has 0 fully saturated rings. The van der Waals surface area contributed by atoms with Gasteiger partial charge in [0, 0.05) is 18.0 Å². The van der Waals surface area contributed by atoms with Crippen LogP contribution in [0.25, 0.3) is 0 Å². The lowest BCUT2D eigenvalue weighted by molar-refractivity contribution is 0.0714. The number of benzene rings is 1. The summed E-state index contributed by atoms with van der Waals surface area (Å²) in [6.07, 6.45) is 2.50. The first-order valence-electron chi connectivity index (χ1n) is 7.63. The van der Waals surface area contributed by atoms with Crippen molar-refractivity contribution in [3.63, 3.8) is 0 Å². The third kappa shape index (κ3) is 2.73. The van der Waals surface area contributed by atoms with Crippen molar-refractivity contribution in [2.75, 3.05) is 5.32 Å². The van der Waals surface area contributed by atoms with Crippen LogP contribution in [0.3, 0.4) is 0 Å². The lowest BCUT2D eigenvalue weighted by Gasteiger charge is -2.25. The summed E-state index contributed by atoms with van der Waals surface area (Å²) in [6, 6.07) is 10.4. The molecule has 25 heavy (non-hydrogen) atoms. The molecule has 0 radical (unpaired) electrons. The molecule has 5 nitrogen and oxygen atoms in total. The Kier molecular flexibility index (Phi) is 3.68. The van der Waals surface area contributed by atoms with Gasteiger partial charge >= 0.3 is 0 Å². The molecule has 126 valence electrons. The highest BCUT2D eigenvalue weighted by Crippen LogP contribution is 2.34. The highest BCUT2D eigenvalue weighted by Gasteiger charge is 2.38. The van der Waals surface area contributed by atoms with Crippen molar-refractivity contribution in [3.8, 4) is 0 Å². The van der Waals surface area contributed by atoms with Gasteiger partial charge in [-0.15, -0.1) is 0 Å². The highest BCUT2D eigenvalue weighted by atomic mass is 19.2. The number of furan rings is 1. The number of hydrogen-bond acceptors (Lipinski definition) is 4. The summed E-state index contributed by atoms with van der Waals surface area (Å²) in [4.78, 5) is 18.5. The molecule has 0 bridgehead atoms. The number of pyridine rings is 1. The van der Waals surface area contributed by atoms with E-state index in [2.05, 4.69) is 10.3 Å². The summed E-state index contributed by atoms with van der Waals surface area (Å²) in [5, 5.41) is 3.05. The second-order valence-electron chi connectivity index (χ2n) is 5.62. The molecule has 1 atom stereocenters. The molecule has 7 heteroatoms. The molecule has 0 aliphatic carbocycles. The SMILES string of the molecule is O=C1c2cccnc2C(Nc2ccc(F)c(F)c2)N1Cc1ccco1. The normalized spacial score (nSPS) is 16.2. The molecule has 0 saturated heterocycles. The number of anilines is 1. The van der Waals surface area contributed by atoms with Crippen molar-refractivity contribution >= 4 is 11.6 Å². The zero-order chi connectivity index (χ0) is 17.4. The van der Waals surface area contributed by atoms with Gasteiger partial charge in [-0.1, -0.05) is 0 Å². The third-order valence-electron chi connectivity index (χ3n) is 4.03. The standard InChI is InChI=1S/C18H13F2N3O2/c19-14-6-5-11(9-15(14)20)22-17-16-13(4-1-7-21-16)18(24)23(17)10-12-3-2-8-25-12/h1-9,17,22H,10H2. The number of nitrogens with zero attached hydrogens (tertiary/aromatic N) is 2. The van der Waals surface area contributed by atoms with Gasteiger partial charge in [-0.3, -0.25) is 9.78 Å². The van der Waals surface area contributed by atoms with Gasteiger partial charge in [0.05, 0.1) is 24.1 Å². The number of carbonyl (C=O) groups is 1. The maximum atomic E-state index is 13.5. The van der Waals surface area contributed by atoms with Crippen LogP contribution in [0.2, 0.25) is 0 Å². The number of carbonyl (C=O) groups excluding carboxylic acids is 1. The first-order valence-corrected chi connectivity index (χ1v) is 7.63. The quantitative estimate of drug-likeness (QED) is 0.786. The molecular formula is C18H13F2N3O2. The van der Waals surface area contributed by atoms with Crippen molar-refractivity contribution < 1.29 is 18.0 Å². The van der Waals surface area contributed by atoms with E-state index in [1.165, 1.54) is 17.2 Å². The fourth-order valence-corrected chi connectivity index (χ4v) is 2.86. The van der Waals surface area contributed by atoms with E-state index in [4.69, 9.17) is 4.42 Å². The first-order chi connectivity index (χ1) is 12.1. The van der Waals surface area contributed by atoms with E-state index in [1.807, 2.05) is 0 Å². The highest BCUT2D eigenvalue weighted by molar-refractivity contribution is 5.98. The molecule has 3 aromatic rings. The van der Waals surface area contributed by atoms with Crippen molar-refractivity contribution in [3.05, 3.63) is 83.6 Å². The zero-order valence-corrected chi connectivity index (χ0v) is 12.9. The average Bonchev–Trinajstić information content (AvgIpc) is 3.21. The van der Waals surface area contributed by atoms with E-state index in [9.17, 15) is 13.6 Å². The van der Waals surface area contributed by atoms with Gasteiger partial charge in [0.25, 0.3) is 5.91 Å². The van der Waals surface area contributed by atoms with E-state index in [0.717, 1.165) is 12.1 Å². The Bertz CT molecular complexity index is 928. The molecule has 2 aromatic heterocycles. The summed E-state index contributed by atoms with van der Waals surface area (Å²) >= 11 is 0. The van der Waals surface area contributed by atoms with E-state index < -0.39 is 17.8 Å². The summed E-state index contributed by atoms with van der Waals surface area (Å²) in [5.41, 5.74) is 1.34. The number of hydrogen-bond donors (Lipinski definition) is 1. The number of fused-ring (bicyclic) bond motifs is 1. The van der Waals surface area contributed by atoms with Crippen LogP contribution in [0, 0.1) is 11.6 Å². The van der Waals surface area contributed by atoms with Crippen molar-refractivity contribution in [1.29, 1.82) is 0 Å². The Morgan fingerprint density at radius 1 is 1.16 bits per heavy atom. The van der Waals surface area contributed by atoms with Crippen LogP contribution in [-0.2, 0) is 6.54 Å². The van der Waals surface area contributed by atoms with E-state index in [-0.39, 0.29) is 12.5 Å². The van der Waals surface area contributed by atoms with Crippen LogP contribution in [-0.4, -0.2) is 15.8 Å².